The minimum atomic E-state index is -0.282. The van der Waals surface area contributed by atoms with Gasteiger partial charge in [-0.05, 0) is 30.8 Å². The monoisotopic (exact) mass is 256 g/mol. The highest BCUT2D eigenvalue weighted by Crippen LogP contribution is 2.23. The topological polar surface area (TPSA) is 49.4 Å². The highest BCUT2D eigenvalue weighted by atomic mass is 32.2. The molecule has 2 heterocycles. The number of amides is 2. The first-order valence-electron chi connectivity index (χ1n) is 6.40. The van der Waals surface area contributed by atoms with Gasteiger partial charge in [0.1, 0.15) is 6.04 Å². The minimum absolute atomic E-state index is 0.00118. The van der Waals surface area contributed by atoms with Crippen LogP contribution in [0.2, 0.25) is 0 Å². The number of rotatable bonds is 3. The average molecular weight is 256 g/mol. The largest absolute Gasteiger partial charge is 0.343 e. The molecule has 1 N–H and O–H groups in total. The molecule has 0 aromatic rings. The minimum Gasteiger partial charge on any atom is -0.343 e. The van der Waals surface area contributed by atoms with Crippen LogP contribution in [0.5, 0.6) is 0 Å². The van der Waals surface area contributed by atoms with Gasteiger partial charge < -0.3 is 10.2 Å². The fourth-order valence-corrected chi connectivity index (χ4v) is 3.61. The molecule has 2 rings (SSSR count). The molecule has 5 heteroatoms. The zero-order valence-corrected chi connectivity index (χ0v) is 11.1. The van der Waals surface area contributed by atoms with Crippen molar-refractivity contribution >= 4 is 23.6 Å². The van der Waals surface area contributed by atoms with Crippen molar-refractivity contribution in [2.45, 2.75) is 44.7 Å². The van der Waals surface area contributed by atoms with Crippen molar-refractivity contribution in [2.24, 2.45) is 0 Å². The van der Waals surface area contributed by atoms with Crippen LogP contribution >= 0.6 is 11.8 Å². The van der Waals surface area contributed by atoms with Gasteiger partial charge in [0.2, 0.25) is 11.8 Å². The fraction of sp³-hybridized carbons (Fsp3) is 0.833. The summed E-state index contributed by atoms with van der Waals surface area (Å²) in [4.78, 5) is 25.7. The SMILES string of the molecule is CCCC1NC(=O)CN(C2CCSCC2)C1=O. The Bertz CT molecular complexity index is 303. The first kappa shape index (κ1) is 12.7. The molecule has 2 aliphatic heterocycles. The molecule has 0 saturated carbocycles. The summed E-state index contributed by atoms with van der Waals surface area (Å²) in [5.41, 5.74) is 0. The quantitative estimate of drug-likeness (QED) is 0.820. The second-order valence-corrected chi connectivity index (χ2v) is 5.94. The van der Waals surface area contributed by atoms with Crippen molar-refractivity contribution in [3.05, 3.63) is 0 Å². The van der Waals surface area contributed by atoms with E-state index >= 15 is 0 Å². The van der Waals surface area contributed by atoms with Gasteiger partial charge in [0, 0.05) is 6.04 Å². The van der Waals surface area contributed by atoms with Crippen molar-refractivity contribution in [1.29, 1.82) is 0 Å². The Hall–Kier alpha value is -0.710. The lowest BCUT2D eigenvalue weighted by Crippen LogP contribution is -2.61. The van der Waals surface area contributed by atoms with Crippen LogP contribution in [0.3, 0.4) is 0 Å². The van der Waals surface area contributed by atoms with Crippen LogP contribution in [0.25, 0.3) is 0 Å². The number of nitrogens with zero attached hydrogens (tertiary/aromatic N) is 1. The molecule has 0 aliphatic carbocycles. The molecule has 0 aromatic heterocycles. The first-order valence-corrected chi connectivity index (χ1v) is 7.55. The Morgan fingerprint density at radius 2 is 2.06 bits per heavy atom. The number of hydrogen-bond donors (Lipinski definition) is 1. The maximum Gasteiger partial charge on any atom is 0.245 e. The maximum absolute atomic E-state index is 12.3. The molecule has 2 amide bonds. The molecule has 1 atom stereocenters. The molecule has 0 spiro atoms. The second-order valence-electron chi connectivity index (χ2n) is 4.72. The molecule has 2 saturated heterocycles. The normalized spacial score (nSPS) is 27.1. The van der Waals surface area contributed by atoms with Gasteiger partial charge in [0.25, 0.3) is 0 Å². The highest BCUT2D eigenvalue weighted by Gasteiger charge is 2.36. The van der Waals surface area contributed by atoms with E-state index in [4.69, 9.17) is 0 Å². The fourth-order valence-electron chi connectivity index (χ4n) is 2.52. The van der Waals surface area contributed by atoms with Gasteiger partial charge in [0.15, 0.2) is 0 Å². The Morgan fingerprint density at radius 1 is 1.35 bits per heavy atom. The molecule has 1 unspecified atom stereocenters. The first-order chi connectivity index (χ1) is 8.22. The van der Waals surface area contributed by atoms with E-state index in [1.807, 2.05) is 23.6 Å². The third-order valence-corrected chi connectivity index (χ3v) is 4.49. The third-order valence-electron chi connectivity index (χ3n) is 3.44. The zero-order chi connectivity index (χ0) is 12.3. The molecule has 2 aliphatic rings. The standard InChI is InChI=1S/C12H20N2O2S/c1-2-3-10-12(16)14(8-11(15)13-10)9-4-6-17-7-5-9/h9-10H,2-8H2,1H3,(H,13,15). The van der Waals surface area contributed by atoms with Gasteiger partial charge >= 0.3 is 0 Å². The number of nitrogens with one attached hydrogen (secondary N) is 1. The van der Waals surface area contributed by atoms with E-state index in [0.717, 1.165) is 37.2 Å². The van der Waals surface area contributed by atoms with Crippen LogP contribution in [0.4, 0.5) is 0 Å². The molecule has 4 nitrogen and oxygen atoms in total. The van der Waals surface area contributed by atoms with Gasteiger partial charge in [-0.3, -0.25) is 9.59 Å². The molecular weight excluding hydrogens is 236 g/mol. The van der Waals surface area contributed by atoms with Crippen molar-refractivity contribution in [3.63, 3.8) is 0 Å². The Balaban J connectivity index is 2.03. The van der Waals surface area contributed by atoms with Gasteiger partial charge in [-0.2, -0.15) is 11.8 Å². The third kappa shape index (κ3) is 2.94. The number of hydrogen-bond acceptors (Lipinski definition) is 3. The van der Waals surface area contributed by atoms with E-state index in [-0.39, 0.29) is 30.4 Å². The zero-order valence-electron chi connectivity index (χ0n) is 10.3. The van der Waals surface area contributed by atoms with Crippen molar-refractivity contribution < 1.29 is 9.59 Å². The number of carbonyl (C=O) groups excluding carboxylic acids is 2. The van der Waals surface area contributed by atoms with Gasteiger partial charge in [-0.1, -0.05) is 13.3 Å². The summed E-state index contributed by atoms with van der Waals surface area (Å²) >= 11 is 1.94. The lowest BCUT2D eigenvalue weighted by molar-refractivity contribution is -0.147. The van der Waals surface area contributed by atoms with Gasteiger partial charge in [0.05, 0.1) is 6.54 Å². The van der Waals surface area contributed by atoms with Crippen LogP contribution in [0.1, 0.15) is 32.6 Å². The van der Waals surface area contributed by atoms with Crippen LogP contribution in [-0.2, 0) is 9.59 Å². The van der Waals surface area contributed by atoms with E-state index in [9.17, 15) is 9.59 Å². The van der Waals surface area contributed by atoms with Crippen molar-refractivity contribution in [2.75, 3.05) is 18.1 Å². The molecule has 0 aromatic carbocycles. The summed E-state index contributed by atoms with van der Waals surface area (Å²) in [6, 6.07) is 0.00462. The summed E-state index contributed by atoms with van der Waals surface area (Å²) in [5, 5.41) is 2.80. The van der Waals surface area contributed by atoms with E-state index in [0.29, 0.717) is 0 Å². The van der Waals surface area contributed by atoms with Gasteiger partial charge in [-0.15, -0.1) is 0 Å². The smallest absolute Gasteiger partial charge is 0.245 e. The maximum atomic E-state index is 12.3. The highest BCUT2D eigenvalue weighted by molar-refractivity contribution is 7.99. The molecule has 0 radical (unpaired) electrons. The van der Waals surface area contributed by atoms with E-state index in [1.54, 1.807) is 0 Å². The van der Waals surface area contributed by atoms with Crippen LogP contribution in [-0.4, -0.2) is 46.8 Å². The number of thioether (sulfide) groups is 1. The van der Waals surface area contributed by atoms with E-state index < -0.39 is 0 Å². The van der Waals surface area contributed by atoms with Crippen molar-refractivity contribution in [1.82, 2.24) is 10.2 Å². The Kier molecular flexibility index (Phi) is 4.31. The molecule has 0 bridgehead atoms. The second kappa shape index (κ2) is 5.76. The predicted octanol–water partition coefficient (Wildman–Crippen LogP) is 1.01. The average Bonchev–Trinajstić information content (AvgIpc) is 2.35. The predicted molar refractivity (Wildman–Crippen MR) is 68.9 cm³/mol. The summed E-state index contributed by atoms with van der Waals surface area (Å²) in [7, 11) is 0. The Morgan fingerprint density at radius 3 is 2.71 bits per heavy atom. The lowest BCUT2D eigenvalue weighted by Gasteiger charge is -2.39. The van der Waals surface area contributed by atoms with Crippen molar-refractivity contribution in [3.8, 4) is 0 Å². The summed E-state index contributed by atoms with van der Waals surface area (Å²) in [6.07, 6.45) is 3.73. The molecule has 17 heavy (non-hydrogen) atoms. The summed E-state index contributed by atoms with van der Waals surface area (Å²) in [6.45, 7) is 2.30. The van der Waals surface area contributed by atoms with E-state index in [1.165, 1.54) is 0 Å². The lowest BCUT2D eigenvalue weighted by atomic mass is 10.0. The molecule has 96 valence electrons. The summed E-state index contributed by atoms with van der Waals surface area (Å²) in [5.74, 6) is 2.34. The number of piperazine rings is 1. The Labute approximate surface area is 106 Å². The van der Waals surface area contributed by atoms with Crippen LogP contribution in [0.15, 0.2) is 0 Å². The van der Waals surface area contributed by atoms with Crippen LogP contribution < -0.4 is 5.32 Å². The number of carbonyl (C=O) groups is 2. The molecule has 2 fully saturated rings. The van der Waals surface area contributed by atoms with Crippen LogP contribution in [0, 0.1) is 0 Å². The molecular formula is C12H20N2O2S. The summed E-state index contributed by atoms with van der Waals surface area (Å²) < 4.78 is 0. The van der Waals surface area contributed by atoms with E-state index in [2.05, 4.69) is 5.32 Å². The van der Waals surface area contributed by atoms with Gasteiger partial charge in [-0.25, -0.2) is 0 Å².